The molecule has 0 saturated carbocycles. The van der Waals surface area contributed by atoms with E-state index in [-0.39, 0.29) is 13.2 Å². The third-order valence-corrected chi connectivity index (χ3v) is 7.86. The van der Waals surface area contributed by atoms with Crippen LogP contribution in [-0.4, -0.2) is 76.7 Å². The lowest BCUT2D eigenvalue weighted by Gasteiger charge is -2.24. The number of hydrogen-bond acceptors (Lipinski definition) is 5. The Morgan fingerprint density at radius 2 is 1.18 bits per heavy atom. The quantitative estimate of drug-likeness (QED) is 0.0399. The van der Waals surface area contributed by atoms with Crippen molar-refractivity contribution in [2.45, 2.75) is 129 Å². The van der Waals surface area contributed by atoms with E-state index in [1.807, 2.05) is 21.1 Å². The van der Waals surface area contributed by atoms with Crippen molar-refractivity contribution < 1.29 is 32.5 Å². The minimum Gasteiger partial charge on any atom is -0.379 e. The van der Waals surface area contributed by atoms with Gasteiger partial charge in [-0.2, -0.15) is 0 Å². The molecule has 39 heavy (non-hydrogen) atoms. The lowest BCUT2D eigenvalue weighted by molar-refractivity contribution is -0.870. The van der Waals surface area contributed by atoms with Crippen molar-refractivity contribution in [3.8, 4) is 0 Å². The van der Waals surface area contributed by atoms with Crippen molar-refractivity contribution in [1.29, 1.82) is 0 Å². The van der Waals surface area contributed by atoms with Crippen molar-refractivity contribution in [3.63, 3.8) is 0 Å². The molecule has 0 aromatic rings. The second-order valence-electron chi connectivity index (χ2n) is 11.9. The van der Waals surface area contributed by atoms with E-state index in [9.17, 15) is 9.46 Å². The molecule has 0 aliphatic rings. The molecule has 2 atom stereocenters. The summed E-state index contributed by atoms with van der Waals surface area (Å²) in [5.41, 5.74) is 0. The first-order chi connectivity index (χ1) is 18.7. The highest BCUT2D eigenvalue weighted by molar-refractivity contribution is 7.47. The van der Waals surface area contributed by atoms with E-state index < -0.39 is 13.9 Å². The Bertz CT molecular complexity index is 596. The van der Waals surface area contributed by atoms with Gasteiger partial charge >= 0.3 is 7.82 Å². The molecule has 0 radical (unpaired) electrons. The minimum absolute atomic E-state index is 0.0386. The molecule has 0 rings (SSSR count). The zero-order chi connectivity index (χ0) is 29.1. The van der Waals surface area contributed by atoms with E-state index in [1.54, 1.807) is 7.11 Å². The standard InChI is InChI=1S/C31H64NO6P/c1-6-7-8-9-10-11-12-13-14-15-16-17-18-19-20-21-22-23-24-25-27-36-29-31(35-5)30-38-39(33,34)37-28-26-32(2,3)4/h16-17,31H,6-15,18-30H2,1-5H3/p+1/b17-16-/t31-/m1/s1. The number of rotatable bonds is 30. The fourth-order valence-corrected chi connectivity index (χ4v) is 4.94. The van der Waals surface area contributed by atoms with Gasteiger partial charge in [0.15, 0.2) is 0 Å². The second kappa shape index (κ2) is 26.6. The van der Waals surface area contributed by atoms with Crippen LogP contribution in [-0.2, 0) is 23.1 Å². The predicted octanol–water partition coefficient (Wildman–Crippen LogP) is 8.46. The number of hydrogen-bond donors (Lipinski definition) is 1. The number of likely N-dealkylation sites (N-methyl/N-ethyl adjacent to an activating group) is 1. The summed E-state index contributed by atoms with van der Waals surface area (Å²) >= 11 is 0. The highest BCUT2D eigenvalue weighted by atomic mass is 31.2. The number of unbranched alkanes of at least 4 members (excludes halogenated alkanes) is 16. The summed E-state index contributed by atoms with van der Waals surface area (Å²) in [5, 5.41) is 0. The normalized spacial score (nSPS) is 14.7. The first-order valence-electron chi connectivity index (χ1n) is 15.9. The van der Waals surface area contributed by atoms with E-state index in [0.717, 1.165) is 6.42 Å². The van der Waals surface area contributed by atoms with Crippen LogP contribution in [0.4, 0.5) is 0 Å². The Morgan fingerprint density at radius 1 is 0.692 bits per heavy atom. The molecule has 0 aliphatic carbocycles. The van der Waals surface area contributed by atoms with Crippen LogP contribution in [0.15, 0.2) is 12.2 Å². The van der Waals surface area contributed by atoms with Gasteiger partial charge < -0.3 is 18.9 Å². The zero-order valence-corrected chi connectivity index (χ0v) is 27.3. The van der Waals surface area contributed by atoms with Crippen LogP contribution in [0.5, 0.6) is 0 Å². The number of allylic oxidation sites excluding steroid dienone is 2. The summed E-state index contributed by atoms with van der Waals surface area (Å²) in [6.45, 7) is 4.01. The minimum atomic E-state index is -4.08. The molecule has 8 heteroatoms. The van der Waals surface area contributed by atoms with Gasteiger partial charge in [-0.25, -0.2) is 4.57 Å². The average Bonchev–Trinajstić information content (AvgIpc) is 2.88. The highest BCUT2D eigenvalue weighted by Gasteiger charge is 2.24. The number of quaternary nitrogens is 1. The van der Waals surface area contributed by atoms with Crippen LogP contribution in [0.1, 0.15) is 122 Å². The van der Waals surface area contributed by atoms with Crippen molar-refractivity contribution >= 4 is 7.82 Å². The summed E-state index contributed by atoms with van der Waals surface area (Å²) in [5.74, 6) is 0. The fraction of sp³-hybridized carbons (Fsp3) is 0.935. The molecule has 7 nitrogen and oxygen atoms in total. The largest absolute Gasteiger partial charge is 0.472 e. The van der Waals surface area contributed by atoms with Gasteiger partial charge in [-0.3, -0.25) is 9.05 Å². The molecule has 1 N–H and O–H groups in total. The Labute approximate surface area is 242 Å². The molecular weight excluding hydrogens is 513 g/mol. The van der Waals surface area contributed by atoms with E-state index >= 15 is 0 Å². The molecule has 0 fully saturated rings. The monoisotopic (exact) mass is 578 g/mol. The number of nitrogens with zero attached hydrogens (tertiary/aromatic N) is 1. The van der Waals surface area contributed by atoms with Gasteiger partial charge in [0.25, 0.3) is 0 Å². The van der Waals surface area contributed by atoms with Gasteiger partial charge in [0.1, 0.15) is 19.3 Å². The van der Waals surface area contributed by atoms with Crippen molar-refractivity contribution in [2.24, 2.45) is 0 Å². The van der Waals surface area contributed by atoms with Gasteiger partial charge in [0.05, 0.1) is 34.4 Å². The maximum Gasteiger partial charge on any atom is 0.472 e. The average molecular weight is 579 g/mol. The van der Waals surface area contributed by atoms with E-state index in [0.29, 0.717) is 24.2 Å². The van der Waals surface area contributed by atoms with Gasteiger partial charge in [-0.05, 0) is 32.1 Å². The van der Waals surface area contributed by atoms with Crippen molar-refractivity contribution in [3.05, 3.63) is 12.2 Å². The third kappa shape index (κ3) is 30.5. The van der Waals surface area contributed by atoms with Crippen molar-refractivity contribution in [1.82, 2.24) is 0 Å². The highest BCUT2D eigenvalue weighted by Crippen LogP contribution is 2.43. The Kier molecular flexibility index (Phi) is 26.4. The Balaban J connectivity index is 3.47. The van der Waals surface area contributed by atoms with E-state index in [4.69, 9.17) is 18.5 Å². The van der Waals surface area contributed by atoms with Crippen molar-refractivity contribution in [2.75, 3.05) is 61.2 Å². The molecular formula is C31H65NO6P+. The lowest BCUT2D eigenvalue weighted by atomic mass is 10.1. The first kappa shape index (κ1) is 38.7. The maximum absolute atomic E-state index is 12.0. The summed E-state index contributed by atoms with van der Waals surface area (Å²) in [6, 6.07) is 0. The number of phosphoric ester groups is 1. The predicted molar refractivity (Wildman–Crippen MR) is 164 cm³/mol. The summed E-state index contributed by atoms with van der Waals surface area (Å²) in [7, 11) is 3.44. The van der Waals surface area contributed by atoms with Crippen LogP contribution < -0.4 is 0 Å². The molecule has 234 valence electrons. The molecule has 0 aliphatic heterocycles. The zero-order valence-electron chi connectivity index (χ0n) is 26.4. The van der Waals surface area contributed by atoms with E-state index in [1.165, 1.54) is 109 Å². The Morgan fingerprint density at radius 3 is 1.67 bits per heavy atom. The Hall–Kier alpha value is -0.270. The van der Waals surface area contributed by atoms with Gasteiger partial charge in [-0.1, -0.05) is 103 Å². The summed E-state index contributed by atoms with van der Waals surface area (Å²) in [6.07, 6.45) is 28.1. The fourth-order valence-electron chi connectivity index (χ4n) is 4.20. The second-order valence-corrected chi connectivity index (χ2v) is 13.3. The molecule has 0 spiro atoms. The molecule has 0 heterocycles. The van der Waals surface area contributed by atoms with Crippen LogP contribution in [0.3, 0.4) is 0 Å². The topological polar surface area (TPSA) is 74.2 Å². The van der Waals surface area contributed by atoms with E-state index in [2.05, 4.69) is 19.1 Å². The van der Waals surface area contributed by atoms with Gasteiger partial charge in [0, 0.05) is 13.7 Å². The van der Waals surface area contributed by atoms with Gasteiger partial charge in [-0.15, -0.1) is 0 Å². The van der Waals surface area contributed by atoms with Crippen LogP contribution in [0, 0.1) is 0 Å². The number of methoxy groups -OCH3 is 1. The molecule has 1 unspecified atom stereocenters. The smallest absolute Gasteiger partial charge is 0.379 e. The lowest BCUT2D eigenvalue weighted by Crippen LogP contribution is -2.37. The SMILES string of the molecule is CCCCCCCCCCC/C=C\CCCCCCCCCOC[C@H](COP(=O)(O)OCC[N+](C)(C)C)OC. The van der Waals surface area contributed by atoms with Gasteiger partial charge in [0.2, 0.25) is 0 Å². The molecule has 0 bridgehead atoms. The molecule has 0 amide bonds. The molecule has 0 aromatic carbocycles. The molecule has 0 saturated heterocycles. The summed E-state index contributed by atoms with van der Waals surface area (Å²) < 4.78 is 33.7. The summed E-state index contributed by atoms with van der Waals surface area (Å²) in [4.78, 5) is 9.81. The first-order valence-corrected chi connectivity index (χ1v) is 17.4. The molecule has 0 aromatic heterocycles. The van der Waals surface area contributed by atoms with Crippen LogP contribution >= 0.6 is 7.82 Å². The number of ether oxygens (including phenoxy) is 2. The maximum atomic E-state index is 12.0. The van der Waals surface area contributed by atoms with Crippen LogP contribution in [0.2, 0.25) is 0 Å². The number of phosphoric acid groups is 1. The van der Waals surface area contributed by atoms with Crippen LogP contribution in [0.25, 0.3) is 0 Å². The third-order valence-electron chi connectivity index (χ3n) is 6.88.